The topological polar surface area (TPSA) is 96.8 Å². The summed E-state index contributed by atoms with van der Waals surface area (Å²) in [6, 6.07) is 7.39. The molecule has 0 saturated carbocycles. The molecule has 0 unspecified atom stereocenters. The minimum atomic E-state index is 0.456. The third-order valence-electron chi connectivity index (χ3n) is 3.07. The van der Waals surface area contributed by atoms with Gasteiger partial charge in [0.25, 0.3) is 0 Å². The zero-order chi connectivity index (χ0) is 15.2. The van der Waals surface area contributed by atoms with Crippen molar-refractivity contribution in [3.05, 3.63) is 41.2 Å². The molecule has 0 aliphatic heterocycles. The molecular formula is C15H17N5O. The Bertz CT molecular complexity index is 678. The molecule has 108 valence electrons. The van der Waals surface area contributed by atoms with E-state index >= 15 is 0 Å². The number of aromatic nitrogens is 2. The van der Waals surface area contributed by atoms with Gasteiger partial charge in [0, 0.05) is 0 Å². The summed E-state index contributed by atoms with van der Waals surface area (Å²) in [5.41, 5.74) is 4.85. The molecule has 21 heavy (non-hydrogen) atoms. The Morgan fingerprint density at radius 3 is 2.86 bits per heavy atom. The van der Waals surface area contributed by atoms with Crippen LogP contribution in [0.25, 0.3) is 0 Å². The van der Waals surface area contributed by atoms with Crippen LogP contribution in [-0.4, -0.2) is 9.97 Å². The summed E-state index contributed by atoms with van der Waals surface area (Å²) in [5.74, 6) is 7.09. The Kier molecular flexibility index (Phi) is 4.69. The number of hydrazine groups is 1. The third kappa shape index (κ3) is 3.27. The lowest BCUT2D eigenvalue weighted by molar-refractivity contribution is 0.451. The van der Waals surface area contributed by atoms with Crippen LogP contribution in [0.15, 0.2) is 24.5 Å². The summed E-state index contributed by atoms with van der Waals surface area (Å²) >= 11 is 0. The molecule has 1 heterocycles. The van der Waals surface area contributed by atoms with E-state index in [1.54, 1.807) is 12.1 Å². The molecular weight excluding hydrogens is 266 g/mol. The lowest BCUT2D eigenvalue weighted by Crippen LogP contribution is -2.12. The molecule has 0 spiro atoms. The number of anilines is 1. The molecule has 0 aliphatic rings. The first kappa shape index (κ1) is 14.8. The third-order valence-corrected chi connectivity index (χ3v) is 3.07. The van der Waals surface area contributed by atoms with E-state index in [-0.39, 0.29) is 0 Å². The second-order valence-corrected chi connectivity index (χ2v) is 4.59. The van der Waals surface area contributed by atoms with Crippen molar-refractivity contribution < 1.29 is 4.74 Å². The maximum absolute atomic E-state index is 8.98. The van der Waals surface area contributed by atoms with Gasteiger partial charge in [-0.3, -0.25) is 0 Å². The van der Waals surface area contributed by atoms with Gasteiger partial charge in [-0.05, 0) is 31.0 Å². The number of benzene rings is 1. The highest BCUT2D eigenvalue weighted by Gasteiger charge is 2.13. The number of nitrogens with zero attached hydrogens (tertiary/aromatic N) is 3. The number of rotatable bonds is 5. The van der Waals surface area contributed by atoms with E-state index in [2.05, 4.69) is 28.4 Å². The van der Waals surface area contributed by atoms with Crippen molar-refractivity contribution in [2.45, 2.75) is 26.7 Å². The van der Waals surface area contributed by atoms with Crippen molar-refractivity contribution in [1.29, 1.82) is 5.26 Å². The fourth-order valence-electron chi connectivity index (χ4n) is 1.97. The van der Waals surface area contributed by atoms with Crippen molar-refractivity contribution in [3.8, 4) is 17.7 Å². The van der Waals surface area contributed by atoms with E-state index in [0.717, 1.165) is 24.0 Å². The molecule has 0 amide bonds. The molecule has 0 fully saturated rings. The summed E-state index contributed by atoms with van der Waals surface area (Å²) in [5, 5.41) is 8.98. The minimum Gasteiger partial charge on any atom is -0.438 e. The van der Waals surface area contributed by atoms with Gasteiger partial charge in [-0.25, -0.2) is 15.8 Å². The van der Waals surface area contributed by atoms with Crippen LogP contribution >= 0.6 is 0 Å². The van der Waals surface area contributed by atoms with Gasteiger partial charge in [-0.1, -0.05) is 19.4 Å². The summed E-state index contributed by atoms with van der Waals surface area (Å²) < 4.78 is 5.88. The summed E-state index contributed by atoms with van der Waals surface area (Å²) in [6.45, 7) is 3.97. The van der Waals surface area contributed by atoms with E-state index < -0.39 is 0 Å². The summed E-state index contributed by atoms with van der Waals surface area (Å²) in [6.07, 6.45) is 3.05. The average Bonchev–Trinajstić information content (AvgIpc) is 2.51. The van der Waals surface area contributed by atoms with Crippen LogP contribution in [0.5, 0.6) is 11.6 Å². The first-order valence-corrected chi connectivity index (χ1v) is 6.68. The Morgan fingerprint density at radius 1 is 1.38 bits per heavy atom. The van der Waals surface area contributed by atoms with Crippen molar-refractivity contribution in [1.82, 2.24) is 9.97 Å². The van der Waals surface area contributed by atoms with Gasteiger partial charge in [-0.15, -0.1) is 0 Å². The fraction of sp³-hybridized carbons (Fsp3) is 0.267. The Balaban J connectivity index is 2.42. The summed E-state index contributed by atoms with van der Waals surface area (Å²) in [4.78, 5) is 8.28. The standard InChI is InChI=1S/C15H17N5O/c1-3-4-12-14(20-17)18-9-19-15(12)21-13-7-11(8-16)6-5-10(13)2/h5-7,9H,3-4,17H2,1-2H3,(H,18,19,20). The predicted octanol–water partition coefficient (Wildman–Crippen LogP) is 2.69. The number of aryl methyl sites for hydroxylation is 1. The van der Waals surface area contributed by atoms with Crippen LogP contribution in [0.2, 0.25) is 0 Å². The van der Waals surface area contributed by atoms with Crippen LogP contribution in [0, 0.1) is 18.3 Å². The number of nitrogen functional groups attached to an aromatic ring is 1. The number of nitrogens with one attached hydrogen (secondary N) is 1. The molecule has 0 saturated heterocycles. The van der Waals surface area contributed by atoms with Crippen molar-refractivity contribution in [2.75, 3.05) is 5.43 Å². The maximum Gasteiger partial charge on any atom is 0.227 e. The number of nitrogens with two attached hydrogens (primary N) is 1. The quantitative estimate of drug-likeness (QED) is 0.647. The Morgan fingerprint density at radius 2 is 2.19 bits per heavy atom. The second-order valence-electron chi connectivity index (χ2n) is 4.59. The Hall–Kier alpha value is -2.65. The molecule has 0 radical (unpaired) electrons. The first-order chi connectivity index (χ1) is 10.2. The van der Waals surface area contributed by atoms with E-state index in [1.807, 2.05) is 13.0 Å². The van der Waals surface area contributed by atoms with E-state index in [4.69, 9.17) is 15.8 Å². The van der Waals surface area contributed by atoms with Gasteiger partial charge in [0.05, 0.1) is 17.2 Å². The number of ether oxygens (including phenoxy) is 1. The van der Waals surface area contributed by atoms with E-state index in [1.165, 1.54) is 6.33 Å². The number of nitriles is 1. The maximum atomic E-state index is 8.98. The van der Waals surface area contributed by atoms with Crippen LogP contribution in [-0.2, 0) is 6.42 Å². The molecule has 0 aliphatic carbocycles. The largest absolute Gasteiger partial charge is 0.438 e. The van der Waals surface area contributed by atoms with E-state index in [9.17, 15) is 0 Å². The smallest absolute Gasteiger partial charge is 0.227 e. The highest BCUT2D eigenvalue weighted by Crippen LogP contribution is 2.30. The predicted molar refractivity (Wildman–Crippen MR) is 79.8 cm³/mol. The molecule has 1 aromatic carbocycles. The zero-order valence-electron chi connectivity index (χ0n) is 12.1. The van der Waals surface area contributed by atoms with Crippen molar-refractivity contribution in [2.24, 2.45) is 5.84 Å². The lowest BCUT2D eigenvalue weighted by atomic mass is 10.1. The van der Waals surface area contributed by atoms with Crippen LogP contribution < -0.4 is 16.0 Å². The normalized spacial score (nSPS) is 10.0. The molecule has 2 rings (SSSR count). The lowest BCUT2D eigenvalue weighted by Gasteiger charge is -2.13. The van der Waals surface area contributed by atoms with Gasteiger partial charge in [-0.2, -0.15) is 5.26 Å². The van der Waals surface area contributed by atoms with E-state index in [0.29, 0.717) is 23.0 Å². The second kappa shape index (κ2) is 6.68. The average molecular weight is 283 g/mol. The first-order valence-electron chi connectivity index (χ1n) is 6.68. The van der Waals surface area contributed by atoms with Crippen molar-refractivity contribution in [3.63, 3.8) is 0 Å². The highest BCUT2D eigenvalue weighted by molar-refractivity contribution is 5.50. The number of hydrogen-bond acceptors (Lipinski definition) is 6. The van der Waals surface area contributed by atoms with Gasteiger partial charge in [0.2, 0.25) is 5.88 Å². The van der Waals surface area contributed by atoms with Gasteiger partial charge >= 0.3 is 0 Å². The fourth-order valence-corrected chi connectivity index (χ4v) is 1.97. The van der Waals surface area contributed by atoms with Crippen molar-refractivity contribution >= 4 is 5.82 Å². The molecule has 3 N–H and O–H groups in total. The SMILES string of the molecule is CCCc1c(NN)ncnc1Oc1cc(C#N)ccc1C. The van der Waals surface area contributed by atoms with Crippen LogP contribution in [0.3, 0.4) is 0 Å². The minimum absolute atomic E-state index is 0.456. The van der Waals surface area contributed by atoms with Gasteiger partial charge in [0.15, 0.2) is 0 Å². The van der Waals surface area contributed by atoms with Gasteiger partial charge in [0.1, 0.15) is 17.9 Å². The molecule has 6 nitrogen and oxygen atoms in total. The van der Waals surface area contributed by atoms with Crippen LogP contribution in [0.4, 0.5) is 5.82 Å². The molecule has 6 heteroatoms. The molecule has 1 aromatic heterocycles. The summed E-state index contributed by atoms with van der Waals surface area (Å²) in [7, 11) is 0. The molecule has 2 aromatic rings. The monoisotopic (exact) mass is 283 g/mol. The van der Waals surface area contributed by atoms with Crippen LogP contribution in [0.1, 0.15) is 30.0 Å². The zero-order valence-corrected chi connectivity index (χ0v) is 12.1. The van der Waals surface area contributed by atoms with Gasteiger partial charge < -0.3 is 10.2 Å². The molecule has 0 bridgehead atoms. The highest BCUT2D eigenvalue weighted by atomic mass is 16.5. The Labute approximate surface area is 123 Å². The molecule has 0 atom stereocenters. The number of hydrogen-bond donors (Lipinski definition) is 2.